The van der Waals surface area contributed by atoms with Crippen LogP contribution in [0.1, 0.15) is 33.6 Å². The molecule has 2 aliphatic rings. The van der Waals surface area contributed by atoms with Crippen molar-refractivity contribution in [1.82, 2.24) is 14.7 Å². The van der Waals surface area contributed by atoms with Gasteiger partial charge in [-0.3, -0.25) is 9.80 Å². The highest BCUT2D eigenvalue weighted by Gasteiger charge is 2.26. The first-order valence-electron chi connectivity index (χ1n) is 8.99. The molecule has 130 valence electrons. The lowest BCUT2D eigenvalue weighted by Gasteiger charge is -2.41. The molecule has 0 bridgehead atoms. The Kier molecular flexibility index (Phi) is 7.09. The summed E-state index contributed by atoms with van der Waals surface area (Å²) in [7, 11) is 0. The highest BCUT2D eigenvalue weighted by molar-refractivity contribution is 4.82. The van der Waals surface area contributed by atoms with E-state index in [1.165, 1.54) is 12.8 Å². The van der Waals surface area contributed by atoms with Crippen molar-refractivity contribution in [2.24, 2.45) is 5.92 Å². The molecule has 2 fully saturated rings. The number of nitrogens with zero attached hydrogens (tertiary/aromatic N) is 3. The maximum atomic E-state index is 10.4. The Bertz CT molecular complexity index is 319. The van der Waals surface area contributed by atoms with Crippen LogP contribution in [0.4, 0.5) is 0 Å². The molecule has 0 unspecified atom stereocenters. The van der Waals surface area contributed by atoms with Gasteiger partial charge in [0.2, 0.25) is 0 Å². The monoisotopic (exact) mass is 313 g/mol. The minimum absolute atomic E-state index is 0.246. The topological polar surface area (TPSA) is 50.2 Å². The van der Waals surface area contributed by atoms with Gasteiger partial charge in [0.1, 0.15) is 0 Å². The van der Waals surface area contributed by atoms with E-state index in [0.717, 1.165) is 58.3 Å². The molecule has 0 aliphatic carbocycles. The second kappa shape index (κ2) is 8.60. The predicted molar refractivity (Wildman–Crippen MR) is 90.0 cm³/mol. The summed E-state index contributed by atoms with van der Waals surface area (Å²) < 4.78 is 0. The van der Waals surface area contributed by atoms with E-state index >= 15 is 0 Å². The van der Waals surface area contributed by atoms with Crippen LogP contribution in [-0.2, 0) is 0 Å². The van der Waals surface area contributed by atoms with Gasteiger partial charge >= 0.3 is 0 Å². The highest BCUT2D eigenvalue weighted by Crippen LogP contribution is 2.16. The largest absolute Gasteiger partial charge is 0.392 e. The van der Waals surface area contributed by atoms with E-state index in [9.17, 15) is 10.2 Å². The Morgan fingerprint density at radius 2 is 1.55 bits per heavy atom. The van der Waals surface area contributed by atoms with Gasteiger partial charge < -0.3 is 15.1 Å². The number of hydrogen-bond donors (Lipinski definition) is 2. The highest BCUT2D eigenvalue weighted by atomic mass is 16.3. The van der Waals surface area contributed by atoms with Crippen LogP contribution in [0.15, 0.2) is 0 Å². The van der Waals surface area contributed by atoms with Crippen LogP contribution < -0.4 is 0 Å². The van der Waals surface area contributed by atoms with Crippen LogP contribution in [0.2, 0.25) is 0 Å². The lowest BCUT2D eigenvalue weighted by Crippen LogP contribution is -2.55. The van der Waals surface area contributed by atoms with Crippen molar-refractivity contribution in [3.63, 3.8) is 0 Å². The van der Waals surface area contributed by atoms with E-state index in [0.29, 0.717) is 6.04 Å². The summed E-state index contributed by atoms with van der Waals surface area (Å²) in [5.74, 6) is 0.844. The molecule has 0 aromatic heterocycles. The Morgan fingerprint density at radius 3 is 2.14 bits per heavy atom. The standard InChI is InChI=1S/C17H35N3O2/c1-14-4-6-18(7-5-14)12-17(22)13-19-8-9-20(11-16(3)21)15(2)10-19/h14-17,21-22H,4-13H2,1-3H3/t15-,16+,17-/m1/s1. The minimum Gasteiger partial charge on any atom is -0.392 e. The fourth-order valence-corrected chi connectivity index (χ4v) is 3.75. The molecular formula is C17H35N3O2. The van der Waals surface area contributed by atoms with Gasteiger partial charge in [-0.25, -0.2) is 0 Å². The molecule has 0 aromatic carbocycles. The molecule has 2 aliphatic heterocycles. The van der Waals surface area contributed by atoms with Crippen molar-refractivity contribution in [2.45, 2.75) is 51.9 Å². The Balaban J connectivity index is 1.68. The number of likely N-dealkylation sites (tertiary alicyclic amines) is 1. The molecule has 0 saturated carbocycles. The fourth-order valence-electron chi connectivity index (χ4n) is 3.75. The van der Waals surface area contributed by atoms with Crippen LogP contribution >= 0.6 is 0 Å². The second-order valence-electron chi connectivity index (χ2n) is 7.59. The molecular weight excluding hydrogens is 278 g/mol. The first kappa shape index (κ1) is 18.1. The van der Waals surface area contributed by atoms with Gasteiger partial charge in [0, 0.05) is 45.3 Å². The summed E-state index contributed by atoms with van der Waals surface area (Å²) in [6.07, 6.45) is 2.02. The quantitative estimate of drug-likeness (QED) is 0.746. The smallest absolute Gasteiger partial charge is 0.0793 e. The van der Waals surface area contributed by atoms with Gasteiger partial charge in [0.25, 0.3) is 0 Å². The number of aliphatic hydroxyl groups is 2. The molecule has 0 spiro atoms. The maximum absolute atomic E-state index is 10.4. The first-order chi connectivity index (χ1) is 10.4. The molecule has 2 saturated heterocycles. The molecule has 0 aromatic rings. The molecule has 5 nitrogen and oxygen atoms in total. The predicted octanol–water partition coefficient (Wildman–Crippen LogP) is 0.466. The summed E-state index contributed by atoms with van der Waals surface area (Å²) in [5, 5.41) is 19.9. The van der Waals surface area contributed by atoms with E-state index in [2.05, 4.69) is 28.5 Å². The number of rotatable bonds is 6. The van der Waals surface area contributed by atoms with Crippen molar-refractivity contribution in [3.05, 3.63) is 0 Å². The van der Waals surface area contributed by atoms with E-state index in [-0.39, 0.29) is 12.2 Å². The zero-order chi connectivity index (χ0) is 16.1. The van der Waals surface area contributed by atoms with Crippen molar-refractivity contribution < 1.29 is 10.2 Å². The van der Waals surface area contributed by atoms with Gasteiger partial charge in [-0.1, -0.05) is 6.92 Å². The van der Waals surface area contributed by atoms with Crippen LogP contribution in [0, 0.1) is 5.92 Å². The molecule has 3 atom stereocenters. The lowest BCUT2D eigenvalue weighted by atomic mass is 9.99. The summed E-state index contributed by atoms with van der Waals surface area (Å²) >= 11 is 0. The summed E-state index contributed by atoms with van der Waals surface area (Å²) in [6.45, 7) is 14.0. The first-order valence-corrected chi connectivity index (χ1v) is 8.99. The zero-order valence-corrected chi connectivity index (χ0v) is 14.6. The fraction of sp³-hybridized carbons (Fsp3) is 1.00. The maximum Gasteiger partial charge on any atom is 0.0793 e. The van der Waals surface area contributed by atoms with E-state index in [4.69, 9.17) is 0 Å². The van der Waals surface area contributed by atoms with E-state index < -0.39 is 0 Å². The van der Waals surface area contributed by atoms with Crippen molar-refractivity contribution >= 4 is 0 Å². The normalized spacial score (nSPS) is 29.6. The molecule has 0 radical (unpaired) electrons. The van der Waals surface area contributed by atoms with Crippen LogP contribution in [0.3, 0.4) is 0 Å². The molecule has 2 N–H and O–H groups in total. The van der Waals surface area contributed by atoms with Crippen molar-refractivity contribution in [2.75, 3.05) is 52.4 Å². The van der Waals surface area contributed by atoms with Crippen LogP contribution in [0.25, 0.3) is 0 Å². The number of hydrogen-bond acceptors (Lipinski definition) is 5. The van der Waals surface area contributed by atoms with Gasteiger partial charge in [-0.2, -0.15) is 0 Å². The summed E-state index contributed by atoms with van der Waals surface area (Å²) in [6, 6.07) is 0.450. The van der Waals surface area contributed by atoms with E-state index in [1.54, 1.807) is 0 Å². The third-order valence-electron chi connectivity index (χ3n) is 5.16. The minimum atomic E-state index is -0.263. The molecule has 0 amide bonds. The van der Waals surface area contributed by atoms with E-state index in [1.807, 2.05) is 6.92 Å². The van der Waals surface area contributed by atoms with Crippen molar-refractivity contribution in [3.8, 4) is 0 Å². The average molecular weight is 313 g/mol. The Labute approximate surface area is 135 Å². The van der Waals surface area contributed by atoms with Gasteiger partial charge in [-0.15, -0.1) is 0 Å². The average Bonchev–Trinajstić information content (AvgIpc) is 2.44. The zero-order valence-electron chi connectivity index (χ0n) is 14.6. The van der Waals surface area contributed by atoms with Crippen molar-refractivity contribution in [1.29, 1.82) is 0 Å². The van der Waals surface area contributed by atoms with Crippen LogP contribution in [-0.4, -0.2) is 95.5 Å². The second-order valence-corrected chi connectivity index (χ2v) is 7.59. The Hall–Kier alpha value is -0.200. The van der Waals surface area contributed by atoms with Gasteiger partial charge in [0.15, 0.2) is 0 Å². The molecule has 2 rings (SSSR count). The summed E-state index contributed by atoms with van der Waals surface area (Å²) in [5.41, 5.74) is 0. The number of piperidine rings is 1. The number of β-amino-alcohol motifs (C(OH)–C–C–N with tert-alkyl or cyclic N) is 2. The van der Waals surface area contributed by atoms with Gasteiger partial charge in [-0.05, 0) is 45.7 Å². The number of piperazine rings is 1. The molecule has 2 heterocycles. The molecule has 22 heavy (non-hydrogen) atoms. The van der Waals surface area contributed by atoms with Crippen LogP contribution in [0.5, 0.6) is 0 Å². The summed E-state index contributed by atoms with van der Waals surface area (Å²) in [4.78, 5) is 7.14. The third kappa shape index (κ3) is 5.78. The van der Waals surface area contributed by atoms with Gasteiger partial charge in [0.05, 0.1) is 12.2 Å². The Morgan fingerprint density at radius 1 is 0.909 bits per heavy atom. The SMILES string of the molecule is CC1CCN(C[C@@H](O)CN2CCN(C[C@H](C)O)[C@H](C)C2)CC1. The molecule has 5 heteroatoms. The lowest BCUT2D eigenvalue weighted by molar-refractivity contribution is 0.0132. The number of aliphatic hydroxyl groups excluding tert-OH is 2. The third-order valence-corrected chi connectivity index (χ3v) is 5.16.